The summed E-state index contributed by atoms with van der Waals surface area (Å²) in [5, 5.41) is 13.4. The lowest BCUT2D eigenvalue weighted by atomic mass is 9.90. The molecular formula is C24H45NO6Si. The third-order valence-corrected chi connectivity index (χ3v) is 12.4. The second-order valence-electron chi connectivity index (χ2n) is 10.7. The van der Waals surface area contributed by atoms with Crippen molar-refractivity contribution in [2.75, 3.05) is 7.11 Å². The lowest BCUT2D eigenvalue weighted by Gasteiger charge is -2.45. The monoisotopic (exact) mass is 471 g/mol. The molecule has 0 aromatic carbocycles. The smallest absolute Gasteiger partial charge is 0.408 e. The van der Waals surface area contributed by atoms with E-state index in [0.717, 1.165) is 0 Å². The van der Waals surface area contributed by atoms with Crippen LogP contribution in [-0.2, 0) is 18.7 Å². The number of nitrogens with one attached hydrogen (secondary N) is 1. The molecule has 1 aliphatic carbocycles. The number of alkyl carbamates (subject to hydrolysis) is 1. The highest BCUT2D eigenvalue weighted by atomic mass is 28.4. The maximum Gasteiger partial charge on any atom is 0.408 e. The summed E-state index contributed by atoms with van der Waals surface area (Å²) in [7, 11) is -0.782. The Balaban J connectivity index is 2.95. The molecule has 0 bridgehead atoms. The molecule has 0 unspecified atom stereocenters. The van der Waals surface area contributed by atoms with Crippen molar-refractivity contribution in [3.05, 3.63) is 11.6 Å². The van der Waals surface area contributed by atoms with Gasteiger partial charge in [0.25, 0.3) is 0 Å². The molecule has 0 heterocycles. The zero-order chi connectivity index (χ0) is 24.9. The van der Waals surface area contributed by atoms with E-state index in [4.69, 9.17) is 13.9 Å². The van der Waals surface area contributed by atoms with E-state index in [1.54, 1.807) is 20.8 Å². The molecule has 7 nitrogen and oxygen atoms in total. The highest BCUT2D eigenvalue weighted by Gasteiger charge is 2.47. The van der Waals surface area contributed by atoms with Gasteiger partial charge >= 0.3 is 12.1 Å². The summed E-state index contributed by atoms with van der Waals surface area (Å²) in [5.74, 6) is -0.576. The van der Waals surface area contributed by atoms with Crippen molar-refractivity contribution in [1.29, 1.82) is 0 Å². The third-order valence-electron chi connectivity index (χ3n) is 6.25. The summed E-state index contributed by atoms with van der Waals surface area (Å²) < 4.78 is 16.9. The van der Waals surface area contributed by atoms with Crippen molar-refractivity contribution in [2.45, 2.75) is 122 Å². The zero-order valence-corrected chi connectivity index (χ0v) is 22.7. The molecule has 186 valence electrons. The van der Waals surface area contributed by atoms with Gasteiger partial charge in [0.05, 0.1) is 19.3 Å². The van der Waals surface area contributed by atoms with Crippen molar-refractivity contribution < 1.29 is 28.6 Å². The lowest BCUT2D eigenvalue weighted by molar-refractivity contribution is -0.143. The maximum absolute atomic E-state index is 12.2. The summed E-state index contributed by atoms with van der Waals surface area (Å²) in [6.45, 7) is 18.7. The molecule has 0 spiro atoms. The highest BCUT2D eigenvalue weighted by Crippen LogP contribution is 2.44. The van der Waals surface area contributed by atoms with Crippen molar-refractivity contribution in [3.8, 4) is 0 Å². The average molecular weight is 472 g/mol. The van der Waals surface area contributed by atoms with Crippen molar-refractivity contribution >= 4 is 20.4 Å². The predicted molar refractivity (Wildman–Crippen MR) is 129 cm³/mol. The van der Waals surface area contributed by atoms with Crippen LogP contribution in [0.4, 0.5) is 4.79 Å². The Kier molecular flexibility index (Phi) is 10.4. The lowest BCUT2D eigenvalue weighted by Crippen LogP contribution is -2.51. The number of amides is 1. The molecule has 0 aromatic rings. The minimum atomic E-state index is -2.05. The number of aliphatic hydroxyl groups is 1. The Bertz CT molecular complexity index is 646. The zero-order valence-electron chi connectivity index (χ0n) is 21.7. The average Bonchev–Trinajstić information content (AvgIpc) is 2.64. The number of carbonyl (C=O) groups is 2. The molecule has 0 saturated carbocycles. The fraction of sp³-hybridized carbons (Fsp3) is 0.833. The fourth-order valence-corrected chi connectivity index (χ4v) is 10.5. The molecule has 0 radical (unpaired) electrons. The summed E-state index contributed by atoms with van der Waals surface area (Å²) in [6.07, 6.45) is 1.79. The third kappa shape index (κ3) is 7.59. The van der Waals surface area contributed by atoms with Crippen LogP contribution in [0.1, 0.15) is 81.6 Å². The van der Waals surface area contributed by atoms with E-state index < -0.39 is 38.1 Å². The number of aliphatic hydroxyl groups excluding tert-OH is 1. The van der Waals surface area contributed by atoms with E-state index in [1.807, 2.05) is 6.08 Å². The minimum Gasteiger partial charge on any atom is -0.467 e. The Labute approximate surface area is 195 Å². The van der Waals surface area contributed by atoms with Crippen LogP contribution in [0.2, 0.25) is 16.6 Å². The van der Waals surface area contributed by atoms with E-state index in [2.05, 4.69) is 46.9 Å². The number of hydrogen-bond donors (Lipinski definition) is 2. The summed E-state index contributed by atoms with van der Waals surface area (Å²) >= 11 is 0. The molecule has 1 amide bonds. The van der Waals surface area contributed by atoms with E-state index in [0.29, 0.717) is 35.0 Å². The Morgan fingerprint density at radius 3 is 2.06 bits per heavy atom. The van der Waals surface area contributed by atoms with Gasteiger partial charge in [-0.15, -0.1) is 0 Å². The van der Waals surface area contributed by atoms with E-state index in [9.17, 15) is 14.7 Å². The number of hydrogen-bond acceptors (Lipinski definition) is 6. The van der Waals surface area contributed by atoms with Gasteiger partial charge in [0.1, 0.15) is 11.6 Å². The summed E-state index contributed by atoms with van der Waals surface area (Å²) in [6, 6.07) is -0.927. The Morgan fingerprint density at radius 2 is 1.66 bits per heavy atom. The number of esters is 1. The second kappa shape index (κ2) is 11.7. The van der Waals surface area contributed by atoms with E-state index in [1.165, 1.54) is 7.11 Å². The summed E-state index contributed by atoms with van der Waals surface area (Å²) in [5.41, 5.74) is 1.42. The van der Waals surface area contributed by atoms with E-state index >= 15 is 0 Å². The van der Waals surface area contributed by atoms with Gasteiger partial charge in [-0.1, -0.05) is 47.6 Å². The van der Waals surface area contributed by atoms with Gasteiger partial charge < -0.3 is 24.3 Å². The highest BCUT2D eigenvalue weighted by molar-refractivity contribution is 6.77. The van der Waals surface area contributed by atoms with Crippen molar-refractivity contribution in [1.82, 2.24) is 5.32 Å². The first-order valence-corrected chi connectivity index (χ1v) is 13.9. The first kappa shape index (κ1) is 28.6. The van der Waals surface area contributed by atoms with Crippen molar-refractivity contribution in [3.63, 3.8) is 0 Å². The molecule has 2 N–H and O–H groups in total. The van der Waals surface area contributed by atoms with Gasteiger partial charge in [-0.05, 0) is 49.4 Å². The molecule has 0 aliphatic heterocycles. The molecular weight excluding hydrogens is 426 g/mol. The molecule has 8 heteroatoms. The molecule has 32 heavy (non-hydrogen) atoms. The normalized spacial score (nSPS) is 20.9. The number of methoxy groups -OCH3 is 1. The van der Waals surface area contributed by atoms with Crippen LogP contribution in [-0.4, -0.2) is 56.4 Å². The SMILES string of the molecule is COC(=O)[C@H](CC1=CC[C@H](O[Si](C(C)C)(C(C)C)C(C)C)C[C@H]1O)NC(=O)OC(C)(C)C. The van der Waals surface area contributed by atoms with Crippen LogP contribution >= 0.6 is 0 Å². The van der Waals surface area contributed by atoms with Crippen LogP contribution in [0.3, 0.4) is 0 Å². The van der Waals surface area contributed by atoms with Gasteiger partial charge in [0, 0.05) is 12.8 Å². The maximum atomic E-state index is 12.2. The molecule has 0 fully saturated rings. The molecule has 0 aromatic heterocycles. The number of ether oxygens (including phenoxy) is 2. The molecule has 0 saturated heterocycles. The van der Waals surface area contributed by atoms with Crippen LogP contribution in [0.25, 0.3) is 0 Å². The first-order chi connectivity index (χ1) is 14.6. The van der Waals surface area contributed by atoms with Gasteiger partial charge in [-0.3, -0.25) is 0 Å². The van der Waals surface area contributed by atoms with Gasteiger partial charge in [0.2, 0.25) is 8.32 Å². The van der Waals surface area contributed by atoms with Crippen LogP contribution in [0.5, 0.6) is 0 Å². The molecule has 1 rings (SSSR count). The molecule has 3 atom stereocenters. The second-order valence-corrected chi connectivity index (χ2v) is 16.2. The first-order valence-electron chi connectivity index (χ1n) is 11.8. The minimum absolute atomic E-state index is 0.0528. The largest absolute Gasteiger partial charge is 0.467 e. The number of carbonyl (C=O) groups excluding carboxylic acids is 2. The van der Waals surface area contributed by atoms with Gasteiger partial charge in [-0.2, -0.15) is 0 Å². The van der Waals surface area contributed by atoms with Crippen molar-refractivity contribution in [2.24, 2.45) is 0 Å². The number of rotatable bonds is 9. The van der Waals surface area contributed by atoms with Crippen LogP contribution in [0, 0.1) is 0 Å². The standard InChI is InChI=1S/C24H45NO6Si/c1-15(2)32(16(3)4,17(5)6)31-19-12-11-18(21(26)14-19)13-20(22(27)29-10)25-23(28)30-24(7,8)9/h11,15-17,19-21,26H,12-14H2,1-10H3,(H,25,28)/t19-,20-,21+/m0/s1. The Morgan fingerprint density at radius 1 is 1.12 bits per heavy atom. The molecule has 1 aliphatic rings. The quantitative estimate of drug-likeness (QED) is 0.276. The van der Waals surface area contributed by atoms with Gasteiger partial charge in [-0.25, -0.2) is 9.59 Å². The van der Waals surface area contributed by atoms with E-state index in [-0.39, 0.29) is 12.5 Å². The predicted octanol–water partition coefficient (Wildman–Crippen LogP) is 5.08. The summed E-state index contributed by atoms with van der Waals surface area (Å²) in [4.78, 5) is 24.4. The van der Waals surface area contributed by atoms with Gasteiger partial charge in [0.15, 0.2) is 0 Å². The Hall–Kier alpha value is -1.38. The fourth-order valence-electron chi connectivity index (χ4n) is 4.95. The van der Waals surface area contributed by atoms with Crippen LogP contribution in [0.15, 0.2) is 11.6 Å². The topological polar surface area (TPSA) is 94.1 Å². The van der Waals surface area contributed by atoms with Crippen LogP contribution < -0.4 is 5.32 Å².